The van der Waals surface area contributed by atoms with Crippen LogP contribution in [0.1, 0.15) is 19.5 Å². The van der Waals surface area contributed by atoms with Gasteiger partial charge in [-0.3, -0.25) is 23.9 Å². The first-order chi connectivity index (χ1) is 19.4. The molecule has 3 aromatic heterocycles. The van der Waals surface area contributed by atoms with Gasteiger partial charge in [-0.25, -0.2) is 23.7 Å². The van der Waals surface area contributed by atoms with Gasteiger partial charge in [0.15, 0.2) is 0 Å². The summed E-state index contributed by atoms with van der Waals surface area (Å²) in [6.07, 6.45) is 7.05. The average molecular weight is 619 g/mol. The van der Waals surface area contributed by atoms with E-state index in [0.29, 0.717) is 28.4 Å². The zero-order chi connectivity index (χ0) is 30.3. The number of pyridine rings is 2. The van der Waals surface area contributed by atoms with E-state index < -0.39 is 17.6 Å². The summed E-state index contributed by atoms with van der Waals surface area (Å²) in [5.41, 5.74) is 0.911. The standard InChI is InChI=1S/C13H9ClFN3.C13H10ClFN2O2.C2H4O2.H3N/c1-8-6-18(7-17-8)12-4-9-2-3-11(15)13(14)10(9)5-16-12;1-8(19)6-17(7-18)12-4-9-2-3-11(15)13(14)10(9)5-16-12;1-2(3)4;/h2-7H,1H3;2-5,7H,6H2,1H3;1H3,(H,3,4);1H3. The number of nitrogens with zero attached hydrogens (tertiary/aromatic N) is 5. The lowest BCUT2D eigenvalue weighted by molar-refractivity contribution is -0.134. The molecule has 14 heteroatoms. The van der Waals surface area contributed by atoms with Crippen LogP contribution in [0.25, 0.3) is 27.4 Å². The Morgan fingerprint density at radius 3 is 1.95 bits per heavy atom. The molecule has 0 atom stereocenters. The number of aromatic nitrogens is 4. The minimum Gasteiger partial charge on any atom is -0.481 e. The third-order valence-corrected chi connectivity index (χ3v) is 6.11. The Hall–Kier alpha value is -4.52. The maximum absolute atomic E-state index is 13.3. The second-order valence-corrected chi connectivity index (χ2v) is 9.38. The Morgan fingerprint density at radius 2 is 1.48 bits per heavy atom. The van der Waals surface area contributed by atoms with Gasteiger partial charge in [-0.2, -0.15) is 0 Å². The largest absolute Gasteiger partial charge is 0.481 e. The van der Waals surface area contributed by atoms with Gasteiger partial charge in [-0.05, 0) is 48.9 Å². The number of carboxylic acid groups (broad SMARTS) is 1. The molecule has 4 N–H and O–H groups in total. The molecule has 3 heterocycles. The van der Waals surface area contributed by atoms with Crippen LogP contribution in [0.2, 0.25) is 10.0 Å². The Bertz CT molecular complexity index is 1750. The van der Waals surface area contributed by atoms with Crippen molar-refractivity contribution >= 4 is 68.7 Å². The molecule has 0 aliphatic heterocycles. The molecule has 0 radical (unpaired) electrons. The van der Waals surface area contributed by atoms with Crippen molar-refractivity contribution in [1.29, 1.82) is 0 Å². The van der Waals surface area contributed by atoms with Gasteiger partial charge >= 0.3 is 0 Å². The summed E-state index contributed by atoms with van der Waals surface area (Å²) in [4.78, 5) is 44.6. The summed E-state index contributed by atoms with van der Waals surface area (Å²) in [5, 5.41) is 10.1. The summed E-state index contributed by atoms with van der Waals surface area (Å²) < 4.78 is 28.4. The molecule has 0 bridgehead atoms. The van der Waals surface area contributed by atoms with Crippen molar-refractivity contribution in [3.05, 3.63) is 88.7 Å². The van der Waals surface area contributed by atoms with E-state index in [1.165, 1.54) is 30.2 Å². The van der Waals surface area contributed by atoms with E-state index in [0.717, 1.165) is 23.8 Å². The molecule has 0 fully saturated rings. The van der Waals surface area contributed by atoms with Crippen LogP contribution >= 0.6 is 23.2 Å². The SMILES string of the molecule is CC(=O)CN(C=O)c1cc2ccc(F)c(Cl)c2cn1.CC(=O)O.Cc1cn(-c2cc3ccc(F)c(Cl)c3cn2)cn1.N. The van der Waals surface area contributed by atoms with Crippen molar-refractivity contribution in [2.75, 3.05) is 11.4 Å². The number of ketones is 1. The normalized spacial score (nSPS) is 10.1. The smallest absolute Gasteiger partial charge is 0.300 e. The number of carboxylic acids is 1. The lowest BCUT2D eigenvalue weighted by atomic mass is 10.1. The molecule has 5 aromatic rings. The fraction of sp³-hybridized carbons (Fsp3) is 0.143. The number of hydrogen-bond donors (Lipinski definition) is 2. The van der Waals surface area contributed by atoms with Crippen LogP contribution < -0.4 is 11.1 Å². The van der Waals surface area contributed by atoms with Crippen molar-refractivity contribution in [2.45, 2.75) is 20.8 Å². The zero-order valence-electron chi connectivity index (χ0n) is 22.7. The lowest BCUT2D eigenvalue weighted by Gasteiger charge is -2.15. The van der Waals surface area contributed by atoms with Gasteiger partial charge < -0.3 is 11.3 Å². The van der Waals surface area contributed by atoms with Crippen LogP contribution in [0.3, 0.4) is 0 Å². The summed E-state index contributed by atoms with van der Waals surface area (Å²) in [7, 11) is 0. The van der Waals surface area contributed by atoms with Crippen molar-refractivity contribution in [3.8, 4) is 5.82 Å². The predicted molar refractivity (Wildman–Crippen MR) is 158 cm³/mol. The number of Topliss-reactive ketones (excluding diaryl/α,β-unsaturated/α-hetero) is 1. The molecule has 0 aliphatic rings. The van der Waals surface area contributed by atoms with E-state index in [1.807, 2.05) is 23.8 Å². The number of carbonyl (C=O) groups is 3. The van der Waals surface area contributed by atoms with Gasteiger partial charge in [0.25, 0.3) is 5.97 Å². The van der Waals surface area contributed by atoms with E-state index in [2.05, 4.69) is 15.0 Å². The first-order valence-corrected chi connectivity index (χ1v) is 12.6. The highest BCUT2D eigenvalue weighted by Gasteiger charge is 2.12. The molecule has 0 spiro atoms. The van der Waals surface area contributed by atoms with Crippen molar-refractivity contribution in [2.24, 2.45) is 0 Å². The minimum atomic E-state index is -0.833. The van der Waals surface area contributed by atoms with Crippen LogP contribution in [-0.4, -0.2) is 49.3 Å². The third kappa shape index (κ3) is 8.49. The quantitative estimate of drug-likeness (QED) is 0.216. The molecule has 1 amide bonds. The number of hydrogen-bond acceptors (Lipinski definition) is 7. The number of imidazole rings is 1. The highest BCUT2D eigenvalue weighted by molar-refractivity contribution is 6.36. The number of anilines is 1. The molecule has 220 valence electrons. The summed E-state index contributed by atoms with van der Waals surface area (Å²) in [6, 6.07) is 9.25. The van der Waals surface area contributed by atoms with E-state index in [1.54, 1.807) is 30.7 Å². The number of aliphatic carboxylic acids is 1. The molecule has 2 aromatic carbocycles. The number of halogens is 4. The van der Waals surface area contributed by atoms with E-state index >= 15 is 0 Å². The molecule has 0 saturated carbocycles. The first kappa shape index (κ1) is 33.7. The number of fused-ring (bicyclic) bond motifs is 2. The second-order valence-electron chi connectivity index (χ2n) is 8.63. The Morgan fingerprint density at radius 1 is 0.952 bits per heavy atom. The first-order valence-electron chi connectivity index (χ1n) is 11.8. The Balaban J connectivity index is 0.000000255. The zero-order valence-corrected chi connectivity index (χ0v) is 24.2. The lowest BCUT2D eigenvalue weighted by Crippen LogP contribution is -2.27. The molecule has 0 saturated heterocycles. The maximum atomic E-state index is 13.3. The van der Waals surface area contributed by atoms with Crippen molar-refractivity contribution in [3.63, 3.8) is 0 Å². The third-order valence-electron chi connectivity index (χ3n) is 5.34. The molecular formula is C28H26Cl2F2N6O4. The summed E-state index contributed by atoms with van der Waals surface area (Å²) in [5.74, 6) is -0.908. The molecule has 10 nitrogen and oxygen atoms in total. The second kappa shape index (κ2) is 14.9. The van der Waals surface area contributed by atoms with Crippen molar-refractivity contribution < 1.29 is 28.3 Å². The molecular weight excluding hydrogens is 593 g/mol. The highest BCUT2D eigenvalue weighted by Crippen LogP contribution is 2.28. The van der Waals surface area contributed by atoms with E-state index in [-0.39, 0.29) is 28.5 Å². The molecule has 42 heavy (non-hydrogen) atoms. The van der Waals surface area contributed by atoms with Gasteiger partial charge in [0.05, 0.1) is 22.3 Å². The van der Waals surface area contributed by atoms with Gasteiger partial charge in [0.2, 0.25) is 6.41 Å². The number of amides is 1. The average Bonchev–Trinajstić information content (AvgIpc) is 3.37. The van der Waals surface area contributed by atoms with Crippen LogP contribution in [0.4, 0.5) is 14.6 Å². The van der Waals surface area contributed by atoms with Crippen molar-refractivity contribution in [1.82, 2.24) is 25.7 Å². The van der Waals surface area contributed by atoms with Crippen LogP contribution in [0.15, 0.2) is 61.3 Å². The Kier molecular flexibility index (Phi) is 12.0. The fourth-order valence-corrected chi connectivity index (χ4v) is 3.99. The number of aryl methyl sites for hydroxylation is 1. The minimum absolute atomic E-state index is 0. The summed E-state index contributed by atoms with van der Waals surface area (Å²) in [6.45, 7) is 4.31. The van der Waals surface area contributed by atoms with Gasteiger partial charge in [-0.1, -0.05) is 35.3 Å². The van der Waals surface area contributed by atoms with E-state index in [4.69, 9.17) is 33.1 Å². The monoisotopic (exact) mass is 618 g/mol. The number of carbonyl (C=O) groups excluding carboxylic acids is 2. The number of rotatable bonds is 5. The highest BCUT2D eigenvalue weighted by atomic mass is 35.5. The van der Waals surface area contributed by atoms with E-state index in [9.17, 15) is 18.4 Å². The molecule has 0 unspecified atom stereocenters. The van der Waals surface area contributed by atoms with Gasteiger partial charge in [-0.15, -0.1) is 0 Å². The van der Waals surface area contributed by atoms with Crippen LogP contribution in [0, 0.1) is 18.6 Å². The summed E-state index contributed by atoms with van der Waals surface area (Å²) >= 11 is 11.7. The fourth-order valence-electron chi connectivity index (χ4n) is 3.55. The predicted octanol–water partition coefficient (Wildman–Crippen LogP) is 6.35. The molecule has 5 rings (SSSR count). The number of benzene rings is 2. The van der Waals surface area contributed by atoms with Gasteiger partial charge in [0, 0.05) is 36.3 Å². The maximum Gasteiger partial charge on any atom is 0.300 e. The topological polar surface area (TPSA) is 153 Å². The Labute approximate surface area is 249 Å². The van der Waals surface area contributed by atoms with Gasteiger partial charge in [0.1, 0.15) is 35.4 Å². The molecule has 0 aliphatic carbocycles. The van der Waals surface area contributed by atoms with Crippen LogP contribution in [0.5, 0.6) is 0 Å². The van der Waals surface area contributed by atoms with Crippen LogP contribution in [-0.2, 0) is 14.4 Å².